The fraction of sp³-hybridized carbons (Fsp3) is 0.259. The summed E-state index contributed by atoms with van der Waals surface area (Å²) in [5, 5.41) is 21.2. The first-order chi connectivity index (χ1) is 18.7. The normalized spacial score (nSPS) is 11.8. The molecule has 0 amide bonds. The van der Waals surface area contributed by atoms with Crippen molar-refractivity contribution in [1.82, 2.24) is 14.8 Å². The van der Waals surface area contributed by atoms with Gasteiger partial charge in [0, 0.05) is 10.6 Å². The Labute approximate surface area is 248 Å². The highest BCUT2D eigenvalue weighted by atomic mass is 79.9. The number of thioether (sulfide) groups is 1. The lowest BCUT2D eigenvalue weighted by atomic mass is 10.1. The fourth-order valence-electron chi connectivity index (χ4n) is 3.92. The molecule has 0 spiro atoms. The second-order valence-corrected chi connectivity index (χ2v) is 11.5. The molecule has 0 saturated carbocycles. The lowest BCUT2D eigenvalue weighted by molar-refractivity contribution is -0.479. The van der Waals surface area contributed by atoms with Gasteiger partial charge in [0.15, 0.2) is 16.7 Å². The number of hydrogen-bond acceptors (Lipinski definition) is 7. The molecular weight excluding hydrogens is 627 g/mol. The van der Waals surface area contributed by atoms with E-state index in [2.05, 4.69) is 26.1 Å². The maximum atomic E-state index is 11.7. The summed E-state index contributed by atoms with van der Waals surface area (Å²) in [6, 6.07) is 16.8. The van der Waals surface area contributed by atoms with Crippen LogP contribution in [0.25, 0.3) is 5.69 Å². The van der Waals surface area contributed by atoms with E-state index in [-0.39, 0.29) is 18.1 Å². The van der Waals surface area contributed by atoms with E-state index in [1.54, 1.807) is 18.2 Å². The maximum absolute atomic E-state index is 11.7. The van der Waals surface area contributed by atoms with Crippen LogP contribution >= 0.6 is 50.9 Å². The summed E-state index contributed by atoms with van der Waals surface area (Å²) in [6.45, 7) is 5.99. The molecule has 0 saturated heterocycles. The summed E-state index contributed by atoms with van der Waals surface area (Å²) in [6.07, 6.45) is 0. The Bertz CT molecular complexity index is 1500. The summed E-state index contributed by atoms with van der Waals surface area (Å²) in [5.41, 5.74) is 3.49. The molecule has 0 bridgehead atoms. The van der Waals surface area contributed by atoms with Gasteiger partial charge < -0.3 is 9.47 Å². The number of nitro groups is 1. The summed E-state index contributed by atoms with van der Waals surface area (Å²) in [4.78, 5) is 11.4. The molecule has 0 radical (unpaired) electrons. The average Bonchev–Trinajstić information content (AvgIpc) is 3.24. The molecule has 8 nitrogen and oxygen atoms in total. The van der Waals surface area contributed by atoms with E-state index >= 15 is 0 Å². The SMILES string of the molecule is CCOc1cc([C@@H](C[N+](=O)[O-])Sc2nnc(C)n2-c2cccc(C)c2)cc(Br)c1OCc1ccc(Cl)c(Cl)c1. The van der Waals surface area contributed by atoms with Crippen LogP contribution in [-0.4, -0.2) is 32.8 Å². The predicted octanol–water partition coefficient (Wildman–Crippen LogP) is 8.04. The van der Waals surface area contributed by atoms with Crippen LogP contribution in [0, 0.1) is 24.0 Å². The quantitative estimate of drug-likeness (QED) is 0.0920. The minimum Gasteiger partial charge on any atom is -0.490 e. The second kappa shape index (κ2) is 13.0. The third-order valence-electron chi connectivity index (χ3n) is 5.69. The zero-order valence-corrected chi connectivity index (χ0v) is 25.3. The van der Waals surface area contributed by atoms with E-state index in [0.717, 1.165) is 16.8 Å². The van der Waals surface area contributed by atoms with Crippen molar-refractivity contribution in [3.05, 3.63) is 102 Å². The third kappa shape index (κ3) is 7.25. The zero-order chi connectivity index (χ0) is 28.1. The number of ether oxygens (including phenoxy) is 2. The molecule has 4 aromatic rings. The highest BCUT2D eigenvalue weighted by Gasteiger charge is 2.26. The molecule has 204 valence electrons. The summed E-state index contributed by atoms with van der Waals surface area (Å²) in [5.74, 6) is 1.63. The lowest BCUT2D eigenvalue weighted by Gasteiger charge is -2.19. The van der Waals surface area contributed by atoms with Gasteiger partial charge in [0.25, 0.3) is 0 Å². The smallest absolute Gasteiger partial charge is 0.220 e. The van der Waals surface area contributed by atoms with Gasteiger partial charge in [0.2, 0.25) is 6.54 Å². The predicted molar refractivity (Wildman–Crippen MR) is 157 cm³/mol. The van der Waals surface area contributed by atoms with E-state index in [1.165, 1.54) is 11.8 Å². The summed E-state index contributed by atoms with van der Waals surface area (Å²) >= 11 is 17.0. The van der Waals surface area contributed by atoms with Gasteiger partial charge in [-0.1, -0.05) is 53.2 Å². The Morgan fingerprint density at radius 2 is 1.87 bits per heavy atom. The van der Waals surface area contributed by atoms with E-state index in [1.807, 2.05) is 61.7 Å². The van der Waals surface area contributed by atoms with Crippen LogP contribution in [0.3, 0.4) is 0 Å². The summed E-state index contributed by atoms with van der Waals surface area (Å²) in [7, 11) is 0. The minimum absolute atomic E-state index is 0.223. The van der Waals surface area contributed by atoms with E-state index in [0.29, 0.717) is 49.2 Å². The maximum Gasteiger partial charge on any atom is 0.220 e. The van der Waals surface area contributed by atoms with Crippen LogP contribution in [0.1, 0.15) is 34.7 Å². The Kier molecular flexibility index (Phi) is 9.76. The molecular formula is C27H25BrCl2N4O4S. The van der Waals surface area contributed by atoms with Crippen molar-refractivity contribution in [2.75, 3.05) is 13.2 Å². The molecule has 1 heterocycles. The van der Waals surface area contributed by atoms with Gasteiger partial charge in [0.1, 0.15) is 17.7 Å². The molecule has 39 heavy (non-hydrogen) atoms. The van der Waals surface area contributed by atoms with Gasteiger partial charge in [0.05, 0.1) is 21.1 Å². The highest BCUT2D eigenvalue weighted by molar-refractivity contribution is 9.10. The number of hydrogen-bond donors (Lipinski definition) is 0. The number of aryl methyl sites for hydroxylation is 2. The molecule has 1 atom stereocenters. The first-order valence-corrected chi connectivity index (χ1v) is 14.4. The molecule has 1 aromatic heterocycles. The molecule has 0 aliphatic carbocycles. The molecule has 0 N–H and O–H groups in total. The lowest BCUT2D eigenvalue weighted by Crippen LogP contribution is -2.12. The first kappa shape index (κ1) is 29.2. The van der Waals surface area contributed by atoms with Crippen molar-refractivity contribution in [1.29, 1.82) is 0 Å². The molecule has 3 aromatic carbocycles. The van der Waals surface area contributed by atoms with Crippen LogP contribution in [0.4, 0.5) is 0 Å². The van der Waals surface area contributed by atoms with Crippen molar-refractivity contribution in [3.63, 3.8) is 0 Å². The molecule has 0 aliphatic heterocycles. The number of nitrogens with zero attached hydrogens (tertiary/aromatic N) is 4. The fourth-order valence-corrected chi connectivity index (χ4v) is 5.97. The van der Waals surface area contributed by atoms with Gasteiger partial charge in [-0.2, -0.15) is 0 Å². The first-order valence-electron chi connectivity index (χ1n) is 12.0. The Morgan fingerprint density at radius 1 is 1.08 bits per heavy atom. The van der Waals surface area contributed by atoms with Crippen molar-refractivity contribution < 1.29 is 14.4 Å². The highest BCUT2D eigenvalue weighted by Crippen LogP contribution is 2.43. The van der Waals surface area contributed by atoms with Gasteiger partial charge in [-0.05, 0) is 89.8 Å². The number of aromatic nitrogens is 3. The number of halogens is 3. The molecule has 0 aliphatic rings. The summed E-state index contributed by atoms with van der Waals surface area (Å²) < 4.78 is 14.5. The molecule has 4 rings (SSSR count). The van der Waals surface area contributed by atoms with Gasteiger partial charge >= 0.3 is 0 Å². The largest absolute Gasteiger partial charge is 0.490 e. The Hall–Kier alpha value is -2.79. The average molecular weight is 652 g/mol. The minimum atomic E-state index is -0.577. The standard InChI is InChI=1S/C27H25BrCl2N4O4S/c1-4-37-24-13-19(12-21(28)26(24)38-15-18-8-9-22(29)23(30)11-18)25(14-33(35)36)39-27-32-31-17(3)34(27)20-7-5-6-16(2)10-20/h5-13,25H,4,14-15H2,1-3H3/t25-/m1/s1. The number of rotatable bonds is 11. The Balaban J connectivity index is 1.67. The zero-order valence-electron chi connectivity index (χ0n) is 21.4. The van der Waals surface area contributed by atoms with Gasteiger partial charge in [-0.3, -0.25) is 14.7 Å². The molecule has 12 heteroatoms. The molecule has 0 unspecified atom stereocenters. The van der Waals surface area contributed by atoms with Gasteiger partial charge in [-0.15, -0.1) is 10.2 Å². The molecule has 0 fully saturated rings. The van der Waals surface area contributed by atoms with Crippen LogP contribution < -0.4 is 9.47 Å². The van der Waals surface area contributed by atoms with E-state index in [9.17, 15) is 10.1 Å². The van der Waals surface area contributed by atoms with Crippen LogP contribution in [0.2, 0.25) is 10.0 Å². The monoisotopic (exact) mass is 650 g/mol. The van der Waals surface area contributed by atoms with Crippen LogP contribution in [0.5, 0.6) is 11.5 Å². The van der Waals surface area contributed by atoms with Crippen molar-refractivity contribution in [2.45, 2.75) is 37.8 Å². The van der Waals surface area contributed by atoms with Crippen LogP contribution in [0.15, 0.2) is 64.2 Å². The van der Waals surface area contributed by atoms with Crippen molar-refractivity contribution in [2.24, 2.45) is 0 Å². The second-order valence-electron chi connectivity index (χ2n) is 8.63. The van der Waals surface area contributed by atoms with Crippen LogP contribution in [-0.2, 0) is 6.61 Å². The van der Waals surface area contributed by atoms with E-state index in [4.69, 9.17) is 32.7 Å². The van der Waals surface area contributed by atoms with Crippen molar-refractivity contribution >= 4 is 50.9 Å². The topological polar surface area (TPSA) is 92.3 Å². The number of benzene rings is 3. The third-order valence-corrected chi connectivity index (χ3v) is 8.20. The Morgan fingerprint density at radius 3 is 2.56 bits per heavy atom. The van der Waals surface area contributed by atoms with E-state index < -0.39 is 5.25 Å². The van der Waals surface area contributed by atoms with Crippen molar-refractivity contribution in [3.8, 4) is 17.2 Å². The van der Waals surface area contributed by atoms with Gasteiger partial charge in [-0.25, -0.2) is 0 Å².